The lowest BCUT2D eigenvalue weighted by atomic mass is 10.2. The first-order valence-corrected chi connectivity index (χ1v) is 7.11. The van der Waals surface area contributed by atoms with E-state index in [1.165, 1.54) is 57.4 Å². The summed E-state index contributed by atoms with van der Waals surface area (Å²) in [6.07, 6.45) is 12.0. The fourth-order valence-corrected chi connectivity index (χ4v) is 1.83. The number of hydrogen-bond acceptors (Lipinski definition) is 2. The summed E-state index contributed by atoms with van der Waals surface area (Å²) in [7, 11) is 0. The van der Waals surface area contributed by atoms with E-state index in [0.717, 1.165) is 0 Å². The summed E-state index contributed by atoms with van der Waals surface area (Å²) < 4.78 is 0. The first-order valence-electron chi connectivity index (χ1n) is 5.72. The summed E-state index contributed by atoms with van der Waals surface area (Å²) in [5, 5.41) is 3.49. The Hall–Kier alpha value is 0.0500. The Morgan fingerprint density at radius 3 is 2.43 bits per heavy atom. The molecular formula is C12H25NS. The highest BCUT2D eigenvalue weighted by molar-refractivity contribution is 7.98. The predicted molar refractivity (Wildman–Crippen MR) is 69.2 cm³/mol. The van der Waals surface area contributed by atoms with Gasteiger partial charge in [-0.2, -0.15) is 11.8 Å². The minimum absolute atomic E-state index is 1.17. The third kappa shape index (κ3) is 12.0. The first-order chi connectivity index (χ1) is 6.91. The zero-order valence-electron chi connectivity index (χ0n) is 9.56. The van der Waals surface area contributed by atoms with Crippen molar-refractivity contribution in [3.63, 3.8) is 0 Å². The van der Waals surface area contributed by atoms with E-state index >= 15 is 0 Å². The molecule has 0 heterocycles. The monoisotopic (exact) mass is 215 g/mol. The zero-order chi connectivity index (χ0) is 10.5. The zero-order valence-corrected chi connectivity index (χ0v) is 10.4. The molecule has 1 N–H and O–H groups in total. The molecule has 0 saturated carbocycles. The maximum Gasteiger partial charge on any atom is -0.00486 e. The number of nitrogens with one attached hydrogen (secondary N) is 1. The van der Waals surface area contributed by atoms with Crippen molar-refractivity contribution in [2.75, 3.05) is 25.1 Å². The molecule has 0 unspecified atom stereocenters. The van der Waals surface area contributed by atoms with Crippen LogP contribution in [0.4, 0.5) is 0 Å². The van der Waals surface area contributed by atoms with Crippen molar-refractivity contribution in [1.29, 1.82) is 0 Å². The van der Waals surface area contributed by atoms with Gasteiger partial charge in [-0.1, -0.05) is 12.5 Å². The lowest BCUT2D eigenvalue weighted by molar-refractivity contribution is 0.589. The van der Waals surface area contributed by atoms with Crippen LogP contribution in [0.1, 0.15) is 38.5 Å². The summed E-state index contributed by atoms with van der Waals surface area (Å²) in [6, 6.07) is 0. The Morgan fingerprint density at radius 2 is 1.79 bits per heavy atom. The number of unbranched alkanes of at least 4 members (excludes halogenated alkanes) is 4. The predicted octanol–water partition coefficient (Wildman–Crippen LogP) is 3.47. The lowest BCUT2D eigenvalue weighted by Gasteiger charge is -2.03. The van der Waals surface area contributed by atoms with Crippen LogP contribution in [0.5, 0.6) is 0 Å². The second kappa shape index (κ2) is 13.1. The Labute approximate surface area is 93.7 Å². The van der Waals surface area contributed by atoms with E-state index in [1.807, 2.05) is 17.8 Å². The molecule has 14 heavy (non-hydrogen) atoms. The summed E-state index contributed by atoms with van der Waals surface area (Å²) >= 11 is 1.94. The Morgan fingerprint density at radius 1 is 1.07 bits per heavy atom. The van der Waals surface area contributed by atoms with Crippen LogP contribution in [0.3, 0.4) is 0 Å². The van der Waals surface area contributed by atoms with Gasteiger partial charge in [0.1, 0.15) is 0 Å². The van der Waals surface area contributed by atoms with Crippen LogP contribution in [0.2, 0.25) is 0 Å². The molecule has 0 aliphatic heterocycles. The van der Waals surface area contributed by atoms with Crippen LogP contribution in [-0.2, 0) is 0 Å². The van der Waals surface area contributed by atoms with Gasteiger partial charge >= 0.3 is 0 Å². The molecule has 0 aromatic rings. The quantitative estimate of drug-likeness (QED) is 0.418. The molecule has 0 aliphatic rings. The van der Waals surface area contributed by atoms with Crippen molar-refractivity contribution in [2.45, 2.75) is 38.5 Å². The van der Waals surface area contributed by atoms with E-state index in [4.69, 9.17) is 0 Å². The van der Waals surface area contributed by atoms with Gasteiger partial charge in [0, 0.05) is 0 Å². The second-order valence-electron chi connectivity index (χ2n) is 3.59. The molecule has 0 bridgehead atoms. The molecule has 0 aromatic carbocycles. The van der Waals surface area contributed by atoms with Crippen LogP contribution in [0.15, 0.2) is 12.7 Å². The Bertz CT molecular complexity index is 115. The van der Waals surface area contributed by atoms with Crippen LogP contribution in [0, 0.1) is 0 Å². The lowest BCUT2D eigenvalue weighted by Crippen LogP contribution is -2.16. The van der Waals surface area contributed by atoms with Crippen LogP contribution in [0.25, 0.3) is 0 Å². The molecule has 0 amide bonds. The smallest absolute Gasteiger partial charge is 0.00486 e. The van der Waals surface area contributed by atoms with Gasteiger partial charge < -0.3 is 5.32 Å². The van der Waals surface area contributed by atoms with Crippen LogP contribution < -0.4 is 5.32 Å². The van der Waals surface area contributed by atoms with Gasteiger partial charge in [-0.3, -0.25) is 0 Å². The Kier molecular flexibility index (Phi) is 13.1. The van der Waals surface area contributed by atoms with Crippen molar-refractivity contribution in [3.05, 3.63) is 12.7 Å². The third-order valence-corrected chi connectivity index (χ3v) is 2.91. The van der Waals surface area contributed by atoms with Crippen molar-refractivity contribution in [2.24, 2.45) is 0 Å². The topological polar surface area (TPSA) is 12.0 Å². The average Bonchev–Trinajstić information content (AvgIpc) is 2.21. The fourth-order valence-electron chi connectivity index (χ4n) is 1.34. The van der Waals surface area contributed by atoms with Crippen molar-refractivity contribution in [1.82, 2.24) is 5.32 Å². The summed E-state index contributed by atoms with van der Waals surface area (Å²) in [4.78, 5) is 0. The van der Waals surface area contributed by atoms with Gasteiger partial charge in [-0.25, -0.2) is 0 Å². The largest absolute Gasteiger partial charge is 0.317 e. The van der Waals surface area contributed by atoms with Gasteiger partial charge in [-0.05, 0) is 57.2 Å². The molecular weight excluding hydrogens is 190 g/mol. The second-order valence-corrected chi connectivity index (χ2v) is 4.57. The molecule has 0 fully saturated rings. The number of rotatable bonds is 11. The first kappa shape index (κ1) is 14.1. The third-order valence-electron chi connectivity index (χ3n) is 2.21. The van der Waals surface area contributed by atoms with Crippen molar-refractivity contribution < 1.29 is 0 Å². The molecule has 0 spiro atoms. The summed E-state index contributed by atoms with van der Waals surface area (Å²) in [5.41, 5.74) is 0. The SMILES string of the molecule is C=CCCCCCNCCCCSC. The highest BCUT2D eigenvalue weighted by atomic mass is 32.2. The van der Waals surface area contributed by atoms with Gasteiger partial charge in [-0.15, -0.1) is 6.58 Å². The molecule has 0 rings (SSSR count). The van der Waals surface area contributed by atoms with Crippen molar-refractivity contribution >= 4 is 11.8 Å². The van der Waals surface area contributed by atoms with E-state index in [9.17, 15) is 0 Å². The molecule has 0 saturated heterocycles. The van der Waals surface area contributed by atoms with Crippen LogP contribution >= 0.6 is 11.8 Å². The van der Waals surface area contributed by atoms with Gasteiger partial charge in [0.25, 0.3) is 0 Å². The molecule has 0 aromatic heterocycles. The molecule has 2 heteroatoms. The standard InChI is InChI=1S/C12H25NS/c1-3-4-5-6-7-10-13-11-8-9-12-14-2/h3,13H,1,4-12H2,2H3. The minimum Gasteiger partial charge on any atom is -0.317 e. The number of thioether (sulfide) groups is 1. The van der Waals surface area contributed by atoms with E-state index < -0.39 is 0 Å². The maximum atomic E-state index is 3.72. The molecule has 1 nitrogen and oxygen atoms in total. The van der Waals surface area contributed by atoms with E-state index in [-0.39, 0.29) is 0 Å². The molecule has 0 atom stereocenters. The Balaban J connectivity index is 2.81. The van der Waals surface area contributed by atoms with Gasteiger partial charge in [0.15, 0.2) is 0 Å². The van der Waals surface area contributed by atoms with Gasteiger partial charge in [0.2, 0.25) is 0 Å². The molecule has 0 radical (unpaired) electrons. The molecule has 0 aliphatic carbocycles. The highest BCUT2D eigenvalue weighted by Gasteiger charge is 1.89. The van der Waals surface area contributed by atoms with E-state index in [0.29, 0.717) is 0 Å². The average molecular weight is 215 g/mol. The van der Waals surface area contributed by atoms with E-state index in [2.05, 4.69) is 18.2 Å². The minimum atomic E-state index is 1.17. The highest BCUT2D eigenvalue weighted by Crippen LogP contribution is 2.00. The summed E-state index contributed by atoms with van der Waals surface area (Å²) in [6.45, 7) is 6.11. The van der Waals surface area contributed by atoms with Crippen LogP contribution in [-0.4, -0.2) is 25.1 Å². The number of hydrogen-bond donors (Lipinski definition) is 1. The maximum absolute atomic E-state index is 3.72. The summed E-state index contributed by atoms with van der Waals surface area (Å²) in [5.74, 6) is 1.31. The van der Waals surface area contributed by atoms with Crippen molar-refractivity contribution in [3.8, 4) is 0 Å². The van der Waals surface area contributed by atoms with Gasteiger partial charge in [0.05, 0.1) is 0 Å². The fraction of sp³-hybridized carbons (Fsp3) is 0.833. The van der Waals surface area contributed by atoms with E-state index in [1.54, 1.807) is 0 Å². The molecule has 84 valence electrons. The number of allylic oxidation sites excluding steroid dienone is 1. The normalized spacial score (nSPS) is 10.4.